The maximum Gasteiger partial charge on any atom is 0.282 e. The zero-order valence-corrected chi connectivity index (χ0v) is 15.1. The summed E-state index contributed by atoms with van der Waals surface area (Å²) in [6.45, 7) is 2.88. The molecule has 0 aromatic carbocycles. The molecule has 25 heavy (non-hydrogen) atoms. The van der Waals surface area contributed by atoms with Crippen LogP contribution in [-0.4, -0.2) is 71.6 Å². The molecule has 8 heteroatoms. The molecular formula is C17H24N4O3S. The third kappa shape index (κ3) is 3.18. The van der Waals surface area contributed by atoms with Crippen molar-refractivity contribution in [1.29, 1.82) is 0 Å². The van der Waals surface area contributed by atoms with Crippen molar-refractivity contribution in [3.63, 3.8) is 0 Å². The minimum absolute atomic E-state index is 0.0280. The molecule has 0 saturated carbocycles. The summed E-state index contributed by atoms with van der Waals surface area (Å²) in [5.74, 6) is 0.182. The van der Waals surface area contributed by atoms with Crippen molar-refractivity contribution in [2.24, 2.45) is 5.92 Å². The second kappa shape index (κ2) is 6.66. The minimum Gasteiger partial charge on any atom is -0.337 e. The van der Waals surface area contributed by atoms with Crippen molar-refractivity contribution < 1.29 is 13.2 Å². The van der Waals surface area contributed by atoms with Gasteiger partial charge in [-0.2, -0.15) is 17.0 Å². The average molecular weight is 364 g/mol. The lowest BCUT2D eigenvalue weighted by atomic mass is 9.97. The Morgan fingerprint density at radius 1 is 1.04 bits per heavy atom. The number of carbonyl (C=O) groups is 1. The Bertz CT molecular complexity index is 734. The molecule has 2 atom stereocenters. The molecule has 0 aliphatic carbocycles. The monoisotopic (exact) mass is 364 g/mol. The lowest BCUT2D eigenvalue weighted by molar-refractivity contribution is 0.0745. The van der Waals surface area contributed by atoms with Crippen LogP contribution in [0, 0.1) is 5.92 Å². The first-order valence-electron chi connectivity index (χ1n) is 9.02. The number of carbonyl (C=O) groups excluding carboxylic acids is 1. The van der Waals surface area contributed by atoms with Crippen LogP contribution < -0.4 is 0 Å². The van der Waals surface area contributed by atoms with Crippen LogP contribution in [0.1, 0.15) is 36.0 Å². The van der Waals surface area contributed by atoms with Crippen LogP contribution in [-0.2, 0) is 10.2 Å². The van der Waals surface area contributed by atoms with Crippen molar-refractivity contribution in [3.8, 4) is 0 Å². The molecule has 136 valence electrons. The van der Waals surface area contributed by atoms with Gasteiger partial charge in [-0.25, -0.2) is 0 Å². The van der Waals surface area contributed by atoms with Crippen molar-refractivity contribution in [3.05, 3.63) is 30.1 Å². The number of amides is 1. The largest absolute Gasteiger partial charge is 0.337 e. The highest BCUT2D eigenvalue weighted by molar-refractivity contribution is 7.86. The molecule has 2 bridgehead atoms. The molecule has 5 rings (SSSR count). The van der Waals surface area contributed by atoms with Gasteiger partial charge in [-0.15, -0.1) is 0 Å². The molecule has 0 spiro atoms. The van der Waals surface area contributed by atoms with E-state index in [1.165, 1.54) is 0 Å². The highest BCUT2D eigenvalue weighted by Gasteiger charge is 2.44. The van der Waals surface area contributed by atoms with E-state index in [1.807, 2.05) is 4.90 Å². The fraction of sp³-hybridized carbons (Fsp3) is 0.647. The summed E-state index contributed by atoms with van der Waals surface area (Å²) < 4.78 is 29.3. The van der Waals surface area contributed by atoms with Gasteiger partial charge >= 0.3 is 0 Å². The number of fused-ring (bicyclic) bond motifs is 4. The van der Waals surface area contributed by atoms with E-state index in [0.29, 0.717) is 38.3 Å². The molecule has 1 amide bonds. The van der Waals surface area contributed by atoms with E-state index in [0.717, 1.165) is 25.7 Å². The Morgan fingerprint density at radius 3 is 2.48 bits per heavy atom. The molecule has 4 aliphatic heterocycles. The van der Waals surface area contributed by atoms with E-state index < -0.39 is 10.2 Å². The summed E-state index contributed by atoms with van der Waals surface area (Å²) in [5.41, 5.74) is 0.616. The predicted octanol–water partition coefficient (Wildman–Crippen LogP) is 0.959. The fourth-order valence-electron chi connectivity index (χ4n) is 4.23. The standard InChI is InChI=1S/C17H24N4O3S/c22-17(15-5-7-18-8-6-15)19-11-14-3-4-16(13-19)21(12-14)25(23,24)20-9-1-2-10-20/h5-8,14,16H,1-4,9-13H2/t14-,16+/m1/s1. The third-order valence-electron chi connectivity index (χ3n) is 5.57. The van der Waals surface area contributed by atoms with Crippen molar-refractivity contribution in [2.45, 2.75) is 31.7 Å². The number of pyridine rings is 1. The van der Waals surface area contributed by atoms with Gasteiger partial charge in [-0.3, -0.25) is 9.78 Å². The first-order chi connectivity index (χ1) is 12.1. The summed E-state index contributed by atoms with van der Waals surface area (Å²) in [6, 6.07) is 3.32. The lowest BCUT2D eigenvalue weighted by Gasteiger charge is -2.37. The van der Waals surface area contributed by atoms with Gasteiger partial charge in [-0.1, -0.05) is 0 Å². The van der Waals surface area contributed by atoms with Crippen molar-refractivity contribution in [2.75, 3.05) is 32.7 Å². The van der Waals surface area contributed by atoms with E-state index in [-0.39, 0.29) is 17.9 Å². The molecule has 0 unspecified atom stereocenters. The van der Waals surface area contributed by atoms with Crippen LogP contribution in [0.25, 0.3) is 0 Å². The summed E-state index contributed by atoms with van der Waals surface area (Å²) >= 11 is 0. The maximum atomic E-state index is 13.0. The topological polar surface area (TPSA) is 73.8 Å². The lowest BCUT2D eigenvalue weighted by Crippen LogP contribution is -2.52. The second-order valence-electron chi connectivity index (χ2n) is 7.23. The molecule has 7 nitrogen and oxygen atoms in total. The SMILES string of the molecule is O=C(c1ccncc1)N1C[C@H]2CC[C@@H](C1)N(S(=O)(=O)N1CCCC1)C2. The molecule has 1 aromatic heterocycles. The van der Waals surface area contributed by atoms with Crippen LogP contribution in [0.4, 0.5) is 0 Å². The molecule has 4 saturated heterocycles. The van der Waals surface area contributed by atoms with Crippen LogP contribution >= 0.6 is 0 Å². The van der Waals surface area contributed by atoms with E-state index in [4.69, 9.17) is 0 Å². The normalized spacial score (nSPS) is 28.2. The number of aromatic nitrogens is 1. The Balaban J connectivity index is 1.55. The minimum atomic E-state index is -3.41. The average Bonchev–Trinajstić information content (AvgIpc) is 3.03. The number of hydrogen-bond donors (Lipinski definition) is 0. The second-order valence-corrected chi connectivity index (χ2v) is 9.11. The van der Waals surface area contributed by atoms with Gasteiger partial charge in [0.1, 0.15) is 0 Å². The number of piperidine rings is 1. The Labute approximate surface area is 148 Å². The van der Waals surface area contributed by atoms with E-state index in [1.54, 1.807) is 33.1 Å². The number of nitrogens with zero attached hydrogens (tertiary/aromatic N) is 4. The highest BCUT2D eigenvalue weighted by Crippen LogP contribution is 2.32. The first kappa shape index (κ1) is 16.9. The van der Waals surface area contributed by atoms with Crippen LogP contribution in [0.3, 0.4) is 0 Å². The van der Waals surface area contributed by atoms with Crippen LogP contribution in [0.15, 0.2) is 24.5 Å². The Hall–Kier alpha value is -1.51. The van der Waals surface area contributed by atoms with Crippen LogP contribution in [0.5, 0.6) is 0 Å². The quantitative estimate of drug-likeness (QED) is 0.801. The van der Waals surface area contributed by atoms with Gasteiger partial charge in [0.25, 0.3) is 16.1 Å². The summed E-state index contributed by atoms with van der Waals surface area (Å²) in [5, 5.41) is 0. The predicted molar refractivity (Wildman–Crippen MR) is 93.1 cm³/mol. The Kier molecular flexibility index (Phi) is 4.51. The number of rotatable bonds is 3. The van der Waals surface area contributed by atoms with Gasteiger partial charge in [0.05, 0.1) is 0 Å². The van der Waals surface area contributed by atoms with Gasteiger partial charge in [0.2, 0.25) is 0 Å². The molecule has 1 aromatic rings. The molecule has 4 fully saturated rings. The van der Waals surface area contributed by atoms with Gasteiger partial charge in [-0.05, 0) is 43.7 Å². The molecule has 0 N–H and O–H groups in total. The summed E-state index contributed by atoms with van der Waals surface area (Å²) in [6.07, 6.45) is 6.92. The molecular weight excluding hydrogens is 340 g/mol. The van der Waals surface area contributed by atoms with Gasteiger partial charge < -0.3 is 4.90 Å². The molecule has 5 heterocycles. The Morgan fingerprint density at radius 2 is 1.76 bits per heavy atom. The maximum absolute atomic E-state index is 13.0. The first-order valence-corrected chi connectivity index (χ1v) is 10.4. The van der Waals surface area contributed by atoms with E-state index in [9.17, 15) is 13.2 Å². The molecule has 4 aliphatic rings. The summed E-state index contributed by atoms with van der Waals surface area (Å²) in [7, 11) is -3.41. The van der Waals surface area contributed by atoms with E-state index in [2.05, 4.69) is 4.98 Å². The third-order valence-corrected chi connectivity index (χ3v) is 7.62. The smallest absolute Gasteiger partial charge is 0.282 e. The highest BCUT2D eigenvalue weighted by atomic mass is 32.2. The van der Waals surface area contributed by atoms with Crippen molar-refractivity contribution >= 4 is 16.1 Å². The fourth-order valence-corrected chi connectivity index (χ4v) is 6.20. The van der Waals surface area contributed by atoms with Crippen molar-refractivity contribution in [1.82, 2.24) is 18.5 Å². The molecule has 0 radical (unpaired) electrons. The van der Waals surface area contributed by atoms with Crippen LogP contribution in [0.2, 0.25) is 0 Å². The zero-order chi connectivity index (χ0) is 17.4. The zero-order valence-electron chi connectivity index (χ0n) is 14.2. The number of hydrogen-bond acceptors (Lipinski definition) is 4. The van der Waals surface area contributed by atoms with E-state index >= 15 is 0 Å². The van der Waals surface area contributed by atoms with Gasteiger partial charge in [0.15, 0.2) is 0 Å². The van der Waals surface area contributed by atoms with Gasteiger partial charge in [0, 0.05) is 56.7 Å². The summed E-state index contributed by atoms with van der Waals surface area (Å²) in [4.78, 5) is 18.6.